The van der Waals surface area contributed by atoms with Gasteiger partial charge in [-0.1, -0.05) is 12.1 Å². The monoisotopic (exact) mass is 315 g/mol. The zero-order valence-corrected chi connectivity index (χ0v) is 13.8. The van der Waals surface area contributed by atoms with Crippen LogP contribution in [-0.2, 0) is 11.2 Å². The summed E-state index contributed by atoms with van der Waals surface area (Å²) in [6, 6.07) is 5.67. The van der Waals surface area contributed by atoms with Crippen molar-refractivity contribution < 1.29 is 14.3 Å². The van der Waals surface area contributed by atoms with Crippen LogP contribution in [0, 0.1) is 5.92 Å². The summed E-state index contributed by atoms with van der Waals surface area (Å²) in [5.74, 6) is 1.17. The Morgan fingerprint density at radius 3 is 2.78 bits per heavy atom. The molecule has 3 rings (SSSR count). The minimum atomic E-state index is -0.0247. The highest BCUT2D eigenvalue weighted by Crippen LogP contribution is 2.33. The van der Waals surface area contributed by atoms with Crippen molar-refractivity contribution in [2.24, 2.45) is 5.92 Å². The van der Waals surface area contributed by atoms with Gasteiger partial charge in [0.1, 0.15) is 5.75 Å². The van der Waals surface area contributed by atoms with Crippen molar-refractivity contribution in [1.29, 1.82) is 0 Å². The number of ketones is 1. The molecule has 0 N–H and O–H groups in total. The molecule has 4 heteroatoms. The van der Waals surface area contributed by atoms with E-state index in [2.05, 4.69) is 0 Å². The molecule has 2 aliphatic rings. The van der Waals surface area contributed by atoms with Gasteiger partial charge in [-0.2, -0.15) is 0 Å². The third kappa shape index (κ3) is 3.41. The second kappa shape index (κ2) is 7.16. The molecular weight excluding hydrogens is 290 g/mol. The number of piperidine rings is 1. The van der Waals surface area contributed by atoms with Crippen LogP contribution in [0.25, 0.3) is 0 Å². The second-order valence-corrected chi connectivity index (χ2v) is 6.57. The van der Waals surface area contributed by atoms with Crippen molar-refractivity contribution in [3.63, 3.8) is 0 Å². The first-order chi connectivity index (χ1) is 11.2. The van der Waals surface area contributed by atoms with E-state index >= 15 is 0 Å². The molecule has 4 nitrogen and oxygen atoms in total. The van der Waals surface area contributed by atoms with Gasteiger partial charge < -0.3 is 9.64 Å². The molecule has 1 unspecified atom stereocenters. The number of hydrogen-bond donors (Lipinski definition) is 0. The fourth-order valence-electron chi connectivity index (χ4n) is 3.79. The van der Waals surface area contributed by atoms with E-state index in [9.17, 15) is 9.59 Å². The Labute approximate surface area is 137 Å². The summed E-state index contributed by atoms with van der Waals surface area (Å²) >= 11 is 0. The highest BCUT2D eigenvalue weighted by atomic mass is 16.5. The molecule has 1 heterocycles. The number of amides is 1. The van der Waals surface area contributed by atoms with Gasteiger partial charge in [0.25, 0.3) is 0 Å². The average molecular weight is 315 g/mol. The van der Waals surface area contributed by atoms with Crippen LogP contribution < -0.4 is 4.74 Å². The van der Waals surface area contributed by atoms with E-state index < -0.39 is 0 Å². The summed E-state index contributed by atoms with van der Waals surface area (Å²) in [4.78, 5) is 26.9. The normalized spacial score (nSPS) is 21.0. The summed E-state index contributed by atoms with van der Waals surface area (Å²) in [5, 5.41) is 0. The standard InChI is InChI=1S/C19H25NO3/c1-23-17-7-5-6-16-15(17)10-8-14(19(16)22)9-11-18(21)20-12-3-2-4-13-20/h5-7,14H,2-4,8-13H2,1H3. The maximum atomic E-state index is 12.7. The van der Waals surface area contributed by atoms with Crippen molar-refractivity contribution in [3.05, 3.63) is 29.3 Å². The number of Topliss-reactive ketones (excluding diaryl/α,β-unsaturated/α-hetero) is 1. The fraction of sp³-hybridized carbons (Fsp3) is 0.579. The molecular formula is C19H25NO3. The van der Waals surface area contributed by atoms with Crippen LogP contribution in [0.3, 0.4) is 0 Å². The number of nitrogens with zero attached hydrogens (tertiary/aromatic N) is 1. The Bertz CT molecular complexity index is 590. The number of fused-ring (bicyclic) bond motifs is 1. The van der Waals surface area contributed by atoms with Crippen molar-refractivity contribution in [2.45, 2.75) is 44.9 Å². The zero-order chi connectivity index (χ0) is 16.2. The van der Waals surface area contributed by atoms with Gasteiger partial charge in [0.15, 0.2) is 5.78 Å². The number of carbonyl (C=O) groups is 2. The van der Waals surface area contributed by atoms with E-state index in [-0.39, 0.29) is 17.6 Å². The second-order valence-electron chi connectivity index (χ2n) is 6.57. The number of likely N-dealkylation sites (tertiary alicyclic amines) is 1. The largest absolute Gasteiger partial charge is 0.496 e. The Morgan fingerprint density at radius 1 is 1.26 bits per heavy atom. The van der Waals surface area contributed by atoms with Gasteiger partial charge in [-0.05, 0) is 44.6 Å². The van der Waals surface area contributed by atoms with Gasteiger partial charge in [-0.25, -0.2) is 0 Å². The summed E-state index contributed by atoms with van der Waals surface area (Å²) in [6.45, 7) is 1.77. The molecule has 0 spiro atoms. The molecule has 0 saturated carbocycles. The molecule has 124 valence electrons. The SMILES string of the molecule is COc1cccc2c1CCC(CCC(=O)N1CCCCC1)C2=O. The van der Waals surface area contributed by atoms with E-state index in [4.69, 9.17) is 4.74 Å². The molecule has 1 aliphatic carbocycles. The lowest BCUT2D eigenvalue weighted by molar-refractivity contribution is -0.132. The summed E-state index contributed by atoms with van der Waals surface area (Å²) in [5.41, 5.74) is 1.81. The Morgan fingerprint density at radius 2 is 2.04 bits per heavy atom. The molecule has 1 atom stereocenters. The van der Waals surface area contributed by atoms with Crippen LogP contribution in [-0.4, -0.2) is 36.8 Å². The Balaban J connectivity index is 1.61. The zero-order valence-electron chi connectivity index (χ0n) is 13.8. The van der Waals surface area contributed by atoms with Crippen LogP contribution in [0.4, 0.5) is 0 Å². The van der Waals surface area contributed by atoms with E-state index in [0.717, 1.165) is 55.6 Å². The Hall–Kier alpha value is -1.84. The number of carbonyl (C=O) groups excluding carboxylic acids is 2. The van der Waals surface area contributed by atoms with Crippen molar-refractivity contribution >= 4 is 11.7 Å². The Kier molecular flexibility index (Phi) is 4.99. The maximum absolute atomic E-state index is 12.7. The first-order valence-electron chi connectivity index (χ1n) is 8.68. The van der Waals surface area contributed by atoms with E-state index in [1.807, 2.05) is 23.1 Å². The lowest BCUT2D eigenvalue weighted by Crippen LogP contribution is -2.36. The third-order valence-electron chi connectivity index (χ3n) is 5.15. The molecule has 1 saturated heterocycles. The highest BCUT2D eigenvalue weighted by Gasteiger charge is 2.30. The molecule has 1 aromatic carbocycles. The van der Waals surface area contributed by atoms with Gasteiger partial charge in [0.05, 0.1) is 7.11 Å². The predicted molar refractivity (Wildman–Crippen MR) is 88.8 cm³/mol. The van der Waals surface area contributed by atoms with Gasteiger partial charge in [0.2, 0.25) is 5.91 Å². The molecule has 0 bridgehead atoms. The first kappa shape index (κ1) is 16.0. The van der Waals surface area contributed by atoms with Crippen molar-refractivity contribution in [3.8, 4) is 5.75 Å². The van der Waals surface area contributed by atoms with E-state index in [1.165, 1.54) is 6.42 Å². The van der Waals surface area contributed by atoms with Crippen LogP contribution in [0.5, 0.6) is 5.75 Å². The van der Waals surface area contributed by atoms with Crippen molar-refractivity contribution in [2.75, 3.05) is 20.2 Å². The fourth-order valence-corrected chi connectivity index (χ4v) is 3.79. The topological polar surface area (TPSA) is 46.6 Å². The van der Waals surface area contributed by atoms with Crippen LogP contribution in [0.15, 0.2) is 18.2 Å². The molecule has 1 fully saturated rings. The highest BCUT2D eigenvalue weighted by molar-refractivity contribution is 6.01. The van der Waals surface area contributed by atoms with Crippen LogP contribution in [0.1, 0.15) is 54.4 Å². The van der Waals surface area contributed by atoms with E-state index in [1.54, 1.807) is 7.11 Å². The van der Waals surface area contributed by atoms with Crippen molar-refractivity contribution in [1.82, 2.24) is 4.90 Å². The van der Waals surface area contributed by atoms with Gasteiger partial charge in [0, 0.05) is 36.6 Å². The number of rotatable bonds is 4. The summed E-state index contributed by atoms with van der Waals surface area (Å²) in [6.07, 6.45) is 6.29. The molecule has 0 aromatic heterocycles. The van der Waals surface area contributed by atoms with Crippen LogP contribution >= 0.6 is 0 Å². The third-order valence-corrected chi connectivity index (χ3v) is 5.15. The van der Waals surface area contributed by atoms with Gasteiger partial charge in [-0.3, -0.25) is 9.59 Å². The van der Waals surface area contributed by atoms with E-state index in [0.29, 0.717) is 12.8 Å². The average Bonchev–Trinajstić information content (AvgIpc) is 2.61. The summed E-state index contributed by atoms with van der Waals surface area (Å²) in [7, 11) is 1.64. The lowest BCUT2D eigenvalue weighted by atomic mass is 9.80. The predicted octanol–water partition coefficient (Wildman–Crippen LogP) is 3.23. The minimum Gasteiger partial charge on any atom is -0.496 e. The molecule has 1 amide bonds. The van der Waals surface area contributed by atoms with Gasteiger partial charge in [-0.15, -0.1) is 0 Å². The maximum Gasteiger partial charge on any atom is 0.222 e. The quantitative estimate of drug-likeness (QED) is 0.857. The number of methoxy groups -OCH3 is 1. The molecule has 1 aliphatic heterocycles. The summed E-state index contributed by atoms with van der Waals surface area (Å²) < 4.78 is 5.36. The molecule has 23 heavy (non-hydrogen) atoms. The number of benzene rings is 1. The van der Waals surface area contributed by atoms with Gasteiger partial charge >= 0.3 is 0 Å². The smallest absolute Gasteiger partial charge is 0.222 e. The molecule has 0 radical (unpaired) electrons. The minimum absolute atomic E-state index is 0.0247. The molecule has 1 aromatic rings. The first-order valence-corrected chi connectivity index (χ1v) is 8.68. The number of ether oxygens (including phenoxy) is 1. The lowest BCUT2D eigenvalue weighted by Gasteiger charge is -2.28. The number of hydrogen-bond acceptors (Lipinski definition) is 3. The van der Waals surface area contributed by atoms with Crippen LogP contribution in [0.2, 0.25) is 0 Å².